The van der Waals surface area contributed by atoms with E-state index in [2.05, 4.69) is 24.9 Å². The molecule has 122 valence electrons. The van der Waals surface area contributed by atoms with E-state index in [9.17, 15) is 0 Å². The zero-order valence-corrected chi connectivity index (χ0v) is 13.6. The standard InChI is InChI=1S/C17H23N5O/c1-13-10-14(20-23-13)11-21-8-5-16(6-9-21)22(15-2-3-15)17-4-7-18-12-19-17/h4,7,10,12,15-16H,2-3,5-6,8-9,11H2,1H3. The topological polar surface area (TPSA) is 58.3 Å². The summed E-state index contributed by atoms with van der Waals surface area (Å²) in [7, 11) is 0. The van der Waals surface area contributed by atoms with Crippen LogP contribution in [0, 0.1) is 6.92 Å². The van der Waals surface area contributed by atoms with Crippen LogP contribution in [0.2, 0.25) is 0 Å². The van der Waals surface area contributed by atoms with Gasteiger partial charge < -0.3 is 9.42 Å². The Morgan fingerprint density at radius 1 is 1.22 bits per heavy atom. The first-order valence-corrected chi connectivity index (χ1v) is 8.48. The van der Waals surface area contributed by atoms with Crippen molar-refractivity contribution < 1.29 is 4.52 Å². The molecule has 1 aliphatic heterocycles. The van der Waals surface area contributed by atoms with Crippen molar-refractivity contribution in [1.29, 1.82) is 0 Å². The highest BCUT2D eigenvalue weighted by atomic mass is 16.5. The molecular weight excluding hydrogens is 290 g/mol. The second-order valence-electron chi connectivity index (χ2n) is 6.64. The van der Waals surface area contributed by atoms with E-state index in [0.29, 0.717) is 12.1 Å². The van der Waals surface area contributed by atoms with Gasteiger partial charge in [-0.25, -0.2) is 9.97 Å². The predicted octanol–water partition coefficient (Wildman–Crippen LogP) is 2.41. The van der Waals surface area contributed by atoms with Crippen molar-refractivity contribution >= 4 is 5.82 Å². The quantitative estimate of drug-likeness (QED) is 0.845. The molecule has 6 heteroatoms. The lowest BCUT2D eigenvalue weighted by molar-refractivity contribution is 0.195. The van der Waals surface area contributed by atoms with Crippen LogP contribution in [0.3, 0.4) is 0 Å². The summed E-state index contributed by atoms with van der Waals surface area (Å²) in [6.07, 6.45) is 8.45. The fourth-order valence-electron chi connectivity index (χ4n) is 3.54. The van der Waals surface area contributed by atoms with Crippen molar-refractivity contribution in [3.05, 3.63) is 36.1 Å². The van der Waals surface area contributed by atoms with Crippen molar-refractivity contribution in [1.82, 2.24) is 20.0 Å². The molecule has 0 spiro atoms. The van der Waals surface area contributed by atoms with Gasteiger partial charge in [0.25, 0.3) is 0 Å². The Bertz CT molecular complexity index is 631. The summed E-state index contributed by atoms with van der Waals surface area (Å²) in [5, 5.41) is 4.11. The van der Waals surface area contributed by atoms with Gasteiger partial charge in [0, 0.05) is 44.0 Å². The molecule has 0 bridgehead atoms. The molecule has 0 N–H and O–H groups in total. The zero-order valence-electron chi connectivity index (χ0n) is 13.6. The van der Waals surface area contributed by atoms with E-state index in [1.165, 1.54) is 25.7 Å². The Labute approximate surface area is 136 Å². The van der Waals surface area contributed by atoms with Crippen molar-refractivity contribution in [2.24, 2.45) is 0 Å². The summed E-state index contributed by atoms with van der Waals surface area (Å²) < 4.78 is 5.16. The summed E-state index contributed by atoms with van der Waals surface area (Å²) in [4.78, 5) is 13.5. The molecule has 4 rings (SSSR count). The van der Waals surface area contributed by atoms with Gasteiger partial charge in [0.2, 0.25) is 0 Å². The molecule has 1 saturated carbocycles. The maximum Gasteiger partial charge on any atom is 0.133 e. The Kier molecular flexibility index (Phi) is 3.99. The molecular formula is C17H23N5O. The van der Waals surface area contributed by atoms with E-state index in [1.54, 1.807) is 6.33 Å². The minimum Gasteiger partial charge on any atom is -0.361 e. The van der Waals surface area contributed by atoms with Gasteiger partial charge in [-0.3, -0.25) is 4.90 Å². The Morgan fingerprint density at radius 2 is 2.00 bits per heavy atom. The Morgan fingerprint density at radius 3 is 2.61 bits per heavy atom. The van der Waals surface area contributed by atoms with Crippen LogP contribution in [0.1, 0.15) is 37.1 Å². The largest absolute Gasteiger partial charge is 0.361 e. The summed E-state index contributed by atoms with van der Waals surface area (Å²) in [6, 6.07) is 5.35. The van der Waals surface area contributed by atoms with Gasteiger partial charge in [-0.1, -0.05) is 5.16 Å². The van der Waals surface area contributed by atoms with E-state index in [4.69, 9.17) is 4.52 Å². The van der Waals surface area contributed by atoms with Crippen LogP contribution in [0.4, 0.5) is 5.82 Å². The van der Waals surface area contributed by atoms with Gasteiger partial charge in [-0.15, -0.1) is 0 Å². The van der Waals surface area contributed by atoms with E-state index < -0.39 is 0 Å². The van der Waals surface area contributed by atoms with Gasteiger partial charge >= 0.3 is 0 Å². The smallest absolute Gasteiger partial charge is 0.133 e. The number of nitrogens with zero attached hydrogens (tertiary/aromatic N) is 5. The van der Waals surface area contributed by atoms with Gasteiger partial charge in [0.05, 0.1) is 5.69 Å². The van der Waals surface area contributed by atoms with Crippen LogP contribution in [-0.4, -0.2) is 45.2 Å². The SMILES string of the molecule is Cc1cc(CN2CCC(N(c3ccncn3)C3CC3)CC2)no1. The first kappa shape index (κ1) is 14.6. The first-order chi connectivity index (χ1) is 11.3. The highest BCUT2D eigenvalue weighted by molar-refractivity contribution is 5.41. The maximum absolute atomic E-state index is 5.16. The average Bonchev–Trinajstić information content (AvgIpc) is 3.33. The minimum absolute atomic E-state index is 0.590. The third-order valence-corrected chi connectivity index (χ3v) is 4.78. The second-order valence-corrected chi connectivity index (χ2v) is 6.64. The summed E-state index contributed by atoms with van der Waals surface area (Å²) in [5.74, 6) is 1.98. The molecule has 0 atom stereocenters. The molecule has 3 heterocycles. The number of hydrogen-bond donors (Lipinski definition) is 0. The number of aryl methyl sites for hydroxylation is 1. The van der Waals surface area contributed by atoms with Crippen LogP contribution < -0.4 is 4.90 Å². The molecule has 0 unspecified atom stereocenters. The summed E-state index contributed by atoms with van der Waals surface area (Å²) in [6.45, 7) is 5.04. The third-order valence-electron chi connectivity index (χ3n) is 4.78. The molecule has 0 radical (unpaired) electrons. The van der Waals surface area contributed by atoms with Crippen LogP contribution in [-0.2, 0) is 6.54 Å². The van der Waals surface area contributed by atoms with Crippen molar-refractivity contribution in [3.8, 4) is 0 Å². The molecule has 2 aliphatic rings. The van der Waals surface area contributed by atoms with Crippen LogP contribution in [0.15, 0.2) is 29.2 Å². The lowest BCUT2D eigenvalue weighted by Crippen LogP contribution is -2.46. The Hall–Kier alpha value is -1.95. The molecule has 23 heavy (non-hydrogen) atoms. The van der Waals surface area contributed by atoms with Gasteiger partial charge in [0.15, 0.2) is 0 Å². The molecule has 2 fully saturated rings. The van der Waals surface area contributed by atoms with Gasteiger partial charge in [-0.2, -0.15) is 0 Å². The van der Waals surface area contributed by atoms with E-state index in [1.807, 2.05) is 25.3 Å². The van der Waals surface area contributed by atoms with Crippen LogP contribution in [0.25, 0.3) is 0 Å². The zero-order chi connectivity index (χ0) is 15.6. The second kappa shape index (κ2) is 6.28. The average molecular weight is 313 g/mol. The molecule has 6 nitrogen and oxygen atoms in total. The van der Waals surface area contributed by atoms with E-state index in [0.717, 1.165) is 36.9 Å². The third kappa shape index (κ3) is 3.37. The van der Waals surface area contributed by atoms with Crippen molar-refractivity contribution in [2.75, 3.05) is 18.0 Å². The first-order valence-electron chi connectivity index (χ1n) is 8.48. The summed E-state index contributed by atoms with van der Waals surface area (Å²) in [5.41, 5.74) is 1.04. The number of hydrogen-bond acceptors (Lipinski definition) is 6. The van der Waals surface area contributed by atoms with Gasteiger partial charge in [-0.05, 0) is 38.7 Å². The van der Waals surface area contributed by atoms with Crippen LogP contribution >= 0.6 is 0 Å². The normalized spacial score (nSPS) is 19.9. The van der Waals surface area contributed by atoms with Crippen molar-refractivity contribution in [3.63, 3.8) is 0 Å². The number of anilines is 1. The molecule has 0 aromatic carbocycles. The minimum atomic E-state index is 0.590. The van der Waals surface area contributed by atoms with E-state index in [-0.39, 0.29) is 0 Å². The van der Waals surface area contributed by atoms with Crippen molar-refractivity contribution in [2.45, 2.75) is 51.2 Å². The monoisotopic (exact) mass is 313 g/mol. The number of aromatic nitrogens is 3. The Balaban J connectivity index is 1.38. The summed E-state index contributed by atoms with van der Waals surface area (Å²) >= 11 is 0. The predicted molar refractivity (Wildman–Crippen MR) is 87.1 cm³/mol. The fourth-order valence-corrected chi connectivity index (χ4v) is 3.54. The number of rotatable bonds is 5. The lowest BCUT2D eigenvalue weighted by atomic mass is 10.0. The van der Waals surface area contributed by atoms with Gasteiger partial charge in [0.1, 0.15) is 17.9 Å². The van der Waals surface area contributed by atoms with E-state index >= 15 is 0 Å². The van der Waals surface area contributed by atoms with Crippen LogP contribution in [0.5, 0.6) is 0 Å². The highest BCUT2D eigenvalue weighted by Crippen LogP contribution is 2.35. The maximum atomic E-state index is 5.16. The molecule has 2 aromatic heterocycles. The highest BCUT2D eigenvalue weighted by Gasteiger charge is 2.36. The number of likely N-dealkylation sites (tertiary alicyclic amines) is 1. The molecule has 0 amide bonds. The molecule has 2 aromatic rings. The lowest BCUT2D eigenvalue weighted by Gasteiger charge is -2.39. The number of piperidine rings is 1. The fraction of sp³-hybridized carbons (Fsp3) is 0.588. The molecule has 1 saturated heterocycles. The molecule has 1 aliphatic carbocycles.